The Bertz CT molecular complexity index is 1760. The summed E-state index contributed by atoms with van der Waals surface area (Å²) in [5, 5.41) is 16.5. The summed E-state index contributed by atoms with van der Waals surface area (Å²) in [4.78, 5) is 58.0. The van der Waals surface area contributed by atoms with Gasteiger partial charge in [-0.2, -0.15) is 0 Å². The summed E-state index contributed by atoms with van der Waals surface area (Å²) < 4.78 is 10.8. The van der Waals surface area contributed by atoms with E-state index in [1.165, 1.54) is 9.91 Å². The van der Waals surface area contributed by atoms with Gasteiger partial charge in [0.1, 0.15) is 25.1 Å². The van der Waals surface area contributed by atoms with Crippen molar-refractivity contribution in [3.63, 3.8) is 0 Å². The second-order valence-electron chi connectivity index (χ2n) is 14.4. The highest BCUT2D eigenvalue weighted by molar-refractivity contribution is 5.96. The van der Waals surface area contributed by atoms with Crippen molar-refractivity contribution in [3.8, 4) is 5.75 Å². The number of carbonyl (C=O) groups is 4. The van der Waals surface area contributed by atoms with E-state index in [2.05, 4.69) is 10.7 Å². The van der Waals surface area contributed by atoms with E-state index in [-0.39, 0.29) is 44.5 Å². The Morgan fingerprint density at radius 3 is 2.33 bits per heavy atom. The van der Waals surface area contributed by atoms with Crippen LogP contribution in [0.25, 0.3) is 10.8 Å². The van der Waals surface area contributed by atoms with Crippen LogP contribution in [0.3, 0.4) is 0 Å². The molecular weight excluding hydrogens is 688 g/mol. The Labute approximate surface area is 318 Å². The van der Waals surface area contributed by atoms with E-state index in [1.54, 1.807) is 44.5 Å². The molecule has 1 aliphatic rings. The number of hydrazine groups is 1. The van der Waals surface area contributed by atoms with Gasteiger partial charge in [-0.1, -0.05) is 82.6 Å². The zero-order chi connectivity index (χ0) is 39.4. The normalized spacial score (nSPS) is 14.9. The highest BCUT2D eigenvalue weighted by Crippen LogP contribution is 2.34. The molecule has 0 spiro atoms. The minimum absolute atomic E-state index is 0.0141. The summed E-state index contributed by atoms with van der Waals surface area (Å²) in [6.45, 7) is 9.85. The molecule has 1 unspecified atom stereocenters. The standard InChI is InChI=1S/C41H56N6O7/c1-7-28(4)23-47(44-38(49)22-33(48)18-15-27(2)3)40(51)36(43-41(52)54-25-30-16-19-34(53-6)20-17-30)21-32-24-45(39(50)29(5)42)26-46(32)37-14-10-12-31-11-8-9-13-35(31)37/h8-14,16-17,19-20,24,27-29,33,36,48H,7,15,18,21-23,25-26,42H2,1-6H3,(H,43,52)(H,44,49)/t28?,29-,33-,36-/m0/s1. The van der Waals surface area contributed by atoms with Crippen molar-refractivity contribution < 1.29 is 33.8 Å². The predicted octanol–water partition coefficient (Wildman–Crippen LogP) is 5.42. The van der Waals surface area contributed by atoms with E-state index in [9.17, 15) is 24.3 Å². The summed E-state index contributed by atoms with van der Waals surface area (Å²) in [7, 11) is 1.56. The maximum absolute atomic E-state index is 14.6. The number of hydrogen-bond acceptors (Lipinski definition) is 9. The minimum Gasteiger partial charge on any atom is -0.497 e. The molecule has 4 atom stereocenters. The monoisotopic (exact) mass is 744 g/mol. The fraction of sp³-hybridized carbons (Fsp3) is 0.463. The Hall–Kier alpha value is -5.14. The molecule has 54 heavy (non-hydrogen) atoms. The third-order valence-electron chi connectivity index (χ3n) is 9.42. The van der Waals surface area contributed by atoms with Gasteiger partial charge in [0, 0.05) is 30.2 Å². The molecule has 0 saturated carbocycles. The van der Waals surface area contributed by atoms with Gasteiger partial charge in [0.25, 0.3) is 5.91 Å². The molecule has 292 valence electrons. The lowest BCUT2D eigenvalue weighted by Crippen LogP contribution is -2.56. The van der Waals surface area contributed by atoms with Crippen molar-refractivity contribution >= 4 is 40.3 Å². The van der Waals surface area contributed by atoms with Crippen LogP contribution in [-0.2, 0) is 25.7 Å². The number of nitrogens with one attached hydrogen (secondary N) is 2. The van der Waals surface area contributed by atoms with Gasteiger partial charge in [0.15, 0.2) is 0 Å². The molecular formula is C41H56N6O7. The van der Waals surface area contributed by atoms with Crippen LogP contribution in [0.15, 0.2) is 78.6 Å². The zero-order valence-corrected chi connectivity index (χ0v) is 32.3. The number of nitrogens with two attached hydrogens (primary N) is 1. The van der Waals surface area contributed by atoms with Crippen molar-refractivity contribution in [1.29, 1.82) is 0 Å². The summed E-state index contributed by atoms with van der Waals surface area (Å²) in [5.41, 5.74) is 10.8. The van der Waals surface area contributed by atoms with Gasteiger partial charge < -0.3 is 30.5 Å². The van der Waals surface area contributed by atoms with Gasteiger partial charge >= 0.3 is 6.09 Å². The first-order chi connectivity index (χ1) is 25.8. The minimum atomic E-state index is -1.24. The number of amides is 4. The lowest BCUT2D eigenvalue weighted by atomic mass is 10.0. The Balaban J connectivity index is 1.68. The fourth-order valence-electron chi connectivity index (χ4n) is 6.09. The molecule has 1 aliphatic heterocycles. The van der Waals surface area contributed by atoms with Gasteiger partial charge in [-0.3, -0.25) is 29.7 Å². The van der Waals surface area contributed by atoms with E-state index < -0.39 is 36.1 Å². The highest BCUT2D eigenvalue weighted by atomic mass is 16.5. The number of alkyl carbamates (subject to hydrolysis) is 1. The van der Waals surface area contributed by atoms with Gasteiger partial charge in [-0.15, -0.1) is 0 Å². The van der Waals surface area contributed by atoms with Crippen molar-refractivity contribution in [1.82, 2.24) is 20.7 Å². The second kappa shape index (κ2) is 19.8. The van der Waals surface area contributed by atoms with Crippen LogP contribution in [0.1, 0.15) is 72.3 Å². The Morgan fingerprint density at radius 2 is 1.67 bits per heavy atom. The van der Waals surface area contributed by atoms with Crippen LogP contribution in [0.4, 0.5) is 10.5 Å². The first-order valence-corrected chi connectivity index (χ1v) is 18.7. The van der Waals surface area contributed by atoms with E-state index in [4.69, 9.17) is 15.2 Å². The molecule has 0 fully saturated rings. The Kier molecular flexibility index (Phi) is 15.3. The quantitative estimate of drug-likeness (QED) is 0.132. The average molecular weight is 745 g/mol. The molecule has 13 nitrogen and oxygen atoms in total. The smallest absolute Gasteiger partial charge is 0.408 e. The SMILES string of the molecule is CCC(C)CN(NC(=O)C[C@@H](O)CCC(C)C)C(=O)[C@H](CC1=CN(C(=O)[C@H](C)N)CN1c1cccc2ccccc12)NC(=O)OCc1ccc(OC)cc1. The highest BCUT2D eigenvalue weighted by Gasteiger charge is 2.35. The first-order valence-electron chi connectivity index (χ1n) is 18.7. The number of anilines is 1. The molecule has 0 aromatic heterocycles. The van der Waals surface area contributed by atoms with Gasteiger partial charge in [0.2, 0.25) is 11.8 Å². The second-order valence-corrected chi connectivity index (χ2v) is 14.4. The summed E-state index contributed by atoms with van der Waals surface area (Å²) in [6, 6.07) is 18.7. The van der Waals surface area contributed by atoms with E-state index in [1.807, 2.05) is 75.1 Å². The van der Waals surface area contributed by atoms with Crippen LogP contribution < -0.4 is 26.1 Å². The molecule has 0 saturated heterocycles. The maximum Gasteiger partial charge on any atom is 0.408 e. The largest absolute Gasteiger partial charge is 0.497 e. The van der Waals surface area contributed by atoms with Crippen molar-refractivity contribution in [3.05, 3.63) is 84.2 Å². The maximum atomic E-state index is 14.6. The molecule has 3 aromatic carbocycles. The van der Waals surface area contributed by atoms with Gasteiger partial charge in [-0.25, -0.2) is 4.79 Å². The number of rotatable bonds is 17. The molecule has 13 heteroatoms. The molecule has 0 radical (unpaired) electrons. The third kappa shape index (κ3) is 11.7. The molecule has 0 aliphatic carbocycles. The number of fused-ring (bicyclic) bond motifs is 1. The van der Waals surface area contributed by atoms with Crippen molar-refractivity contribution in [2.75, 3.05) is 25.2 Å². The predicted molar refractivity (Wildman–Crippen MR) is 209 cm³/mol. The summed E-state index contributed by atoms with van der Waals surface area (Å²) in [6.07, 6.45) is 1.60. The van der Waals surface area contributed by atoms with E-state index >= 15 is 0 Å². The summed E-state index contributed by atoms with van der Waals surface area (Å²) in [5.74, 6) is -0.416. The lowest BCUT2D eigenvalue weighted by Gasteiger charge is -2.32. The van der Waals surface area contributed by atoms with Gasteiger partial charge in [0.05, 0.1) is 31.4 Å². The number of aliphatic hydroxyl groups excluding tert-OH is 1. The molecule has 4 rings (SSSR count). The van der Waals surface area contributed by atoms with Crippen LogP contribution in [0.2, 0.25) is 0 Å². The molecule has 1 heterocycles. The number of ether oxygens (including phenoxy) is 2. The van der Waals surface area contributed by atoms with Crippen molar-refractivity contribution in [2.45, 2.75) is 91.5 Å². The van der Waals surface area contributed by atoms with Crippen LogP contribution in [-0.4, -0.2) is 77.3 Å². The Morgan fingerprint density at radius 1 is 0.963 bits per heavy atom. The van der Waals surface area contributed by atoms with E-state index in [0.717, 1.165) is 22.9 Å². The first kappa shape index (κ1) is 41.6. The average Bonchev–Trinajstić information content (AvgIpc) is 3.58. The lowest BCUT2D eigenvalue weighted by molar-refractivity contribution is -0.144. The van der Waals surface area contributed by atoms with Crippen LogP contribution in [0.5, 0.6) is 5.75 Å². The molecule has 3 aromatic rings. The molecule has 5 N–H and O–H groups in total. The zero-order valence-electron chi connectivity index (χ0n) is 32.3. The van der Waals surface area contributed by atoms with Crippen LogP contribution in [0, 0.1) is 11.8 Å². The number of nitrogens with zero attached hydrogens (tertiary/aromatic N) is 3. The number of carbonyl (C=O) groups excluding carboxylic acids is 4. The number of hydrogen-bond donors (Lipinski definition) is 4. The molecule has 4 amide bonds. The van der Waals surface area contributed by atoms with Gasteiger partial charge in [-0.05, 0) is 60.7 Å². The third-order valence-corrected chi connectivity index (χ3v) is 9.42. The number of benzene rings is 3. The number of aliphatic hydroxyl groups is 1. The van der Waals surface area contributed by atoms with Crippen LogP contribution >= 0.6 is 0 Å². The molecule has 0 bridgehead atoms. The summed E-state index contributed by atoms with van der Waals surface area (Å²) >= 11 is 0. The number of methoxy groups -OCH3 is 1. The topological polar surface area (TPSA) is 167 Å². The van der Waals surface area contributed by atoms with E-state index in [0.29, 0.717) is 35.8 Å². The van der Waals surface area contributed by atoms with Crippen molar-refractivity contribution in [2.24, 2.45) is 17.6 Å². The fourth-order valence-corrected chi connectivity index (χ4v) is 6.09.